The van der Waals surface area contributed by atoms with E-state index < -0.39 is 11.9 Å². The van der Waals surface area contributed by atoms with Crippen molar-refractivity contribution in [1.82, 2.24) is 15.1 Å². The van der Waals surface area contributed by atoms with Crippen LogP contribution in [0.1, 0.15) is 31.9 Å². The van der Waals surface area contributed by atoms with Crippen molar-refractivity contribution in [3.8, 4) is 0 Å². The molecule has 1 aromatic rings. The minimum Gasteiger partial charge on any atom is -0.370 e. The van der Waals surface area contributed by atoms with Crippen LogP contribution in [0.15, 0.2) is 18.2 Å². The van der Waals surface area contributed by atoms with Crippen molar-refractivity contribution >= 4 is 23.5 Å². The molecule has 142 valence electrons. The molecule has 3 amide bonds. The molecular weight excluding hydrogens is 361 g/mol. The van der Waals surface area contributed by atoms with Gasteiger partial charge in [-0.2, -0.15) is 0 Å². The smallest absolute Gasteiger partial charge is 0.318 e. The molecule has 1 aromatic carbocycles. The third-order valence-corrected chi connectivity index (χ3v) is 5.12. The lowest BCUT2D eigenvalue weighted by molar-refractivity contribution is -0.130. The van der Waals surface area contributed by atoms with Crippen LogP contribution >= 0.6 is 11.6 Å². The molecule has 6 nitrogen and oxygen atoms in total. The first-order valence-electron chi connectivity index (χ1n) is 8.79. The molecule has 2 aliphatic rings. The van der Waals surface area contributed by atoms with Gasteiger partial charge in [0.25, 0.3) is 0 Å². The average Bonchev–Trinajstić information content (AvgIpc) is 2.98. The summed E-state index contributed by atoms with van der Waals surface area (Å²) >= 11 is 5.83. The van der Waals surface area contributed by atoms with E-state index in [1.54, 1.807) is 15.9 Å². The van der Waals surface area contributed by atoms with E-state index in [2.05, 4.69) is 5.32 Å². The summed E-state index contributed by atoms with van der Waals surface area (Å²) in [6.45, 7) is 5.70. The van der Waals surface area contributed by atoms with Crippen molar-refractivity contribution in [3.63, 3.8) is 0 Å². The Morgan fingerprint density at radius 3 is 2.81 bits per heavy atom. The Balaban J connectivity index is 1.61. The van der Waals surface area contributed by atoms with Gasteiger partial charge in [-0.25, -0.2) is 9.18 Å². The SMILES string of the molecule is CC(C)N1CC[C@@H](NC(=O)N2CCO[C@@H](c3ccc(F)c(Cl)c3)C2)C1=O. The monoisotopic (exact) mass is 383 g/mol. The summed E-state index contributed by atoms with van der Waals surface area (Å²) in [5.41, 5.74) is 0.719. The van der Waals surface area contributed by atoms with Gasteiger partial charge in [0.1, 0.15) is 18.0 Å². The Labute approximate surface area is 157 Å². The lowest BCUT2D eigenvalue weighted by Gasteiger charge is -2.34. The van der Waals surface area contributed by atoms with Crippen LogP contribution in [0.3, 0.4) is 0 Å². The van der Waals surface area contributed by atoms with Gasteiger partial charge in [-0.3, -0.25) is 4.79 Å². The first-order chi connectivity index (χ1) is 12.4. The van der Waals surface area contributed by atoms with Crippen LogP contribution in [0, 0.1) is 5.82 Å². The summed E-state index contributed by atoms with van der Waals surface area (Å²) < 4.78 is 19.0. The number of carbonyl (C=O) groups is 2. The lowest BCUT2D eigenvalue weighted by Crippen LogP contribution is -2.52. The highest BCUT2D eigenvalue weighted by Crippen LogP contribution is 2.26. The molecule has 2 saturated heterocycles. The topological polar surface area (TPSA) is 61.9 Å². The number of rotatable bonds is 3. The summed E-state index contributed by atoms with van der Waals surface area (Å²) in [5, 5.41) is 2.86. The Hall–Kier alpha value is -1.86. The highest BCUT2D eigenvalue weighted by atomic mass is 35.5. The van der Waals surface area contributed by atoms with Gasteiger partial charge in [-0.1, -0.05) is 17.7 Å². The largest absolute Gasteiger partial charge is 0.370 e. The van der Waals surface area contributed by atoms with E-state index in [9.17, 15) is 14.0 Å². The van der Waals surface area contributed by atoms with Crippen LogP contribution in [0.5, 0.6) is 0 Å². The van der Waals surface area contributed by atoms with E-state index in [-0.39, 0.29) is 29.1 Å². The highest BCUT2D eigenvalue weighted by molar-refractivity contribution is 6.30. The van der Waals surface area contributed by atoms with E-state index >= 15 is 0 Å². The molecule has 2 aliphatic heterocycles. The zero-order valence-corrected chi connectivity index (χ0v) is 15.6. The van der Waals surface area contributed by atoms with Gasteiger partial charge < -0.3 is 19.9 Å². The van der Waals surface area contributed by atoms with Gasteiger partial charge in [0.2, 0.25) is 5.91 Å². The van der Waals surface area contributed by atoms with Crippen LogP contribution in [-0.2, 0) is 9.53 Å². The maximum Gasteiger partial charge on any atom is 0.318 e. The fourth-order valence-corrected chi connectivity index (χ4v) is 3.53. The van der Waals surface area contributed by atoms with Crippen molar-refractivity contribution in [2.75, 3.05) is 26.2 Å². The molecule has 0 bridgehead atoms. The molecule has 0 saturated carbocycles. The van der Waals surface area contributed by atoms with Gasteiger partial charge in [-0.15, -0.1) is 0 Å². The standard InChI is InChI=1S/C18H23ClFN3O3/c1-11(2)23-6-5-15(17(23)24)21-18(25)22-7-8-26-16(10-22)12-3-4-14(20)13(19)9-12/h3-4,9,11,15-16H,5-8,10H2,1-2H3,(H,21,25)/t15-,16-/m1/s1. The zero-order valence-electron chi connectivity index (χ0n) is 14.9. The fourth-order valence-electron chi connectivity index (χ4n) is 3.34. The first kappa shape index (κ1) is 18.9. The predicted octanol–water partition coefficient (Wildman–Crippen LogP) is 2.57. The quantitative estimate of drug-likeness (QED) is 0.872. The van der Waals surface area contributed by atoms with Gasteiger partial charge in [0.15, 0.2) is 0 Å². The molecule has 2 heterocycles. The third kappa shape index (κ3) is 3.94. The predicted molar refractivity (Wildman–Crippen MR) is 95.5 cm³/mol. The molecule has 1 N–H and O–H groups in total. The van der Waals surface area contributed by atoms with Gasteiger partial charge in [0, 0.05) is 19.1 Å². The Kier molecular flexibility index (Phi) is 5.67. The van der Waals surface area contributed by atoms with Gasteiger partial charge in [-0.05, 0) is 38.0 Å². The van der Waals surface area contributed by atoms with Gasteiger partial charge >= 0.3 is 6.03 Å². The maximum atomic E-state index is 13.3. The minimum absolute atomic E-state index is 0.0259. The number of hydrogen-bond acceptors (Lipinski definition) is 3. The molecule has 0 aliphatic carbocycles. The lowest BCUT2D eigenvalue weighted by atomic mass is 10.1. The maximum absolute atomic E-state index is 13.3. The summed E-state index contributed by atoms with van der Waals surface area (Å²) in [5.74, 6) is -0.529. The molecule has 8 heteroatoms. The molecule has 3 rings (SSSR count). The van der Waals surface area contributed by atoms with Crippen LogP contribution in [-0.4, -0.2) is 60.1 Å². The number of morpholine rings is 1. The summed E-state index contributed by atoms with van der Waals surface area (Å²) in [4.78, 5) is 28.3. The van der Waals surface area contributed by atoms with Crippen LogP contribution in [0.4, 0.5) is 9.18 Å². The zero-order chi connectivity index (χ0) is 18.8. The Morgan fingerprint density at radius 2 is 2.15 bits per heavy atom. The number of amides is 3. The van der Waals surface area contributed by atoms with Crippen LogP contribution in [0.25, 0.3) is 0 Å². The van der Waals surface area contributed by atoms with Crippen molar-refractivity contribution in [3.05, 3.63) is 34.6 Å². The number of halogens is 2. The van der Waals surface area contributed by atoms with E-state index in [1.165, 1.54) is 12.1 Å². The van der Waals surface area contributed by atoms with Crippen molar-refractivity contribution in [2.45, 2.75) is 38.5 Å². The fraction of sp³-hybridized carbons (Fsp3) is 0.556. The van der Waals surface area contributed by atoms with Crippen molar-refractivity contribution in [1.29, 1.82) is 0 Å². The number of carbonyl (C=O) groups excluding carboxylic acids is 2. The number of hydrogen-bond donors (Lipinski definition) is 1. The molecule has 26 heavy (non-hydrogen) atoms. The number of nitrogens with one attached hydrogen (secondary N) is 1. The summed E-state index contributed by atoms with van der Waals surface area (Å²) in [6.07, 6.45) is 0.239. The second kappa shape index (κ2) is 7.80. The Bertz CT molecular complexity index is 700. The molecule has 0 aromatic heterocycles. The summed E-state index contributed by atoms with van der Waals surface area (Å²) in [7, 11) is 0. The van der Waals surface area contributed by atoms with E-state index in [1.807, 2.05) is 13.8 Å². The molecule has 0 unspecified atom stereocenters. The average molecular weight is 384 g/mol. The van der Waals surface area contributed by atoms with Crippen LogP contribution in [0.2, 0.25) is 5.02 Å². The van der Waals surface area contributed by atoms with E-state index in [0.717, 1.165) is 5.56 Å². The first-order valence-corrected chi connectivity index (χ1v) is 9.17. The van der Waals surface area contributed by atoms with E-state index in [0.29, 0.717) is 32.7 Å². The molecule has 0 radical (unpaired) electrons. The number of ether oxygens (including phenoxy) is 1. The molecule has 0 spiro atoms. The molecule has 2 fully saturated rings. The molecular formula is C18H23ClFN3O3. The number of benzene rings is 1. The highest BCUT2D eigenvalue weighted by Gasteiger charge is 2.35. The number of urea groups is 1. The van der Waals surface area contributed by atoms with Crippen LogP contribution < -0.4 is 5.32 Å². The van der Waals surface area contributed by atoms with Crippen molar-refractivity contribution < 1.29 is 18.7 Å². The summed E-state index contributed by atoms with van der Waals surface area (Å²) in [6, 6.07) is 3.78. The normalized spacial score (nSPS) is 23.7. The number of nitrogens with zero attached hydrogens (tertiary/aromatic N) is 2. The van der Waals surface area contributed by atoms with Crippen molar-refractivity contribution in [2.24, 2.45) is 0 Å². The van der Waals surface area contributed by atoms with Gasteiger partial charge in [0.05, 0.1) is 18.2 Å². The second-order valence-corrected chi connectivity index (χ2v) is 7.30. The number of likely N-dealkylation sites (tertiary alicyclic amines) is 1. The minimum atomic E-state index is -0.490. The van der Waals surface area contributed by atoms with E-state index in [4.69, 9.17) is 16.3 Å². The Morgan fingerprint density at radius 1 is 1.38 bits per heavy atom. The third-order valence-electron chi connectivity index (χ3n) is 4.83. The molecule has 2 atom stereocenters. The second-order valence-electron chi connectivity index (χ2n) is 6.90.